The van der Waals surface area contributed by atoms with Crippen LogP contribution in [0.15, 0.2) is 48.5 Å². The molecule has 0 spiro atoms. The molecule has 1 N–H and O–H groups in total. The second-order valence-corrected chi connectivity index (χ2v) is 6.74. The number of carbonyl (C=O) groups excluding carboxylic acids is 1. The Morgan fingerprint density at radius 1 is 1.14 bits per heavy atom. The lowest BCUT2D eigenvalue weighted by Crippen LogP contribution is -2.32. The van der Waals surface area contributed by atoms with Crippen molar-refractivity contribution in [2.45, 2.75) is 25.5 Å². The average molecular weight is 428 g/mol. The number of esters is 1. The van der Waals surface area contributed by atoms with Crippen LogP contribution >= 0.6 is 24.0 Å². The van der Waals surface area contributed by atoms with E-state index in [1.54, 1.807) is 7.11 Å². The van der Waals surface area contributed by atoms with Crippen LogP contribution in [0.3, 0.4) is 0 Å². The lowest BCUT2D eigenvalue weighted by molar-refractivity contribution is -0.142. The van der Waals surface area contributed by atoms with Crippen molar-refractivity contribution in [2.75, 3.05) is 27.4 Å². The monoisotopic (exact) mass is 427 g/mol. The normalized spacial score (nSPS) is 12.6. The van der Waals surface area contributed by atoms with E-state index < -0.39 is 5.97 Å². The smallest absolute Gasteiger partial charge is 0.343 e. The first kappa shape index (κ1) is 24.2. The average Bonchev–Trinajstić information content (AvgIpc) is 2.67. The largest absolute Gasteiger partial charge is 0.482 e. The lowest BCUT2D eigenvalue weighted by atomic mass is 10.1. The standard InChI is InChI=1S/C21H26ClNO4.ClH/c1-15(23-13-20(25-2)17-7-5-8-18(22)12-17)10-16-6-4-9-19(11-16)27-14-21(24)26-3;/h4-9,11-12,15,20,23H,10,13-14H2,1-3H3;1H. The fourth-order valence-corrected chi connectivity index (χ4v) is 2.94. The predicted molar refractivity (Wildman–Crippen MR) is 114 cm³/mol. The lowest BCUT2D eigenvalue weighted by Gasteiger charge is -2.20. The molecule has 154 valence electrons. The highest BCUT2D eigenvalue weighted by Gasteiger charge is 2.13. The van der Waals surface area contributed by atoms with E-state index in [0.717, 1.165) is 17.5 Å². The SMILES string of the molecule is COC(=O)COc1cccc(CC(C)NCC(OC)c2cccc(Cl)c2)c1.Cl. The van der Waals surface area contributed by atoms with Gasteiger partial charge in [-0.1, -0.05) is 35.9 Å². The highest BCUT2D eigenvalue weighted by Crippen LogP contribution is 2.20. The second kappa shape index (κ2) is 12.6. The maximum Gasteiger partial charge on any atom is 0.343 e. The molecule has 0 amide bonds. The third-order valence-electron chi connectivity index (χ3n) is 4.18. The number of halogens is 2. The Labute approximate surface area is 177 Å². The molecule has 0 aliphatic carbocycles. The highest BCUT2D eigenvalue weighted by atomic mass is 35.5. The topological polar surface area (TPSA) is 56.8 Å². The molecular formula is C21H27Cl2NO4. The number of methoxy groups -OCH3 is 2. The zero-order valence-corrected chi connectivity index (χ0v) is 17.9. The molecule has 0 aliphatic rings. The number of hydrogen-bond donors (Lipinski definition) is 1. The van der Waals surface area contributed by atoms with Crippen molar-refractivity contribution in [3.8, 4) is 5.75 Å². The first-order valence-corrected chi connectivity index (χ1v) is 9.19. The van der Waals surface area contributed by atoms with Gasteiger partial charge in [0.15, 0.2) is 6.61 Å². The quantitative estimate of drug-likeness (QED) is 0.575. The summed E-state index contributed by atoms with van der Waals surface area (Å²) in [6.07, 6.45) is 0.752. The summed E-state index contributed by atoms with van der Waals surface area (Å²) < 4.78 is 15.6. The van der Waals surface area contributed by atoms with Gasteiger partial charge in [-0.15, -0.1) is 12.4 Å². The van der Waals surface area contributed by atoms with E-state index in [9.17, 15) is 4.79 Å². The highest BCUT2D eigenvalue weighted by molar-refractivity contribution is 6.30. The molecule has 0 saturated carbocycles. The second-order valence-electron chi connectivity index (χ2n) is 6.30. The fourth-order valence-electron chi connectivity index (χ4n) is 2.74. The molecule has 0 heterocycles. The van der Waals surface area contributed by atoms with E-state index in [1.165, 1.54) is 7.11 Å². The molecule has 0 radical (unpaired) electrons. The van der Waals surface area contributed by atoms with Gasteiger partial charge in [-0.3, -0.25) is 0 Å². The molecule has 0 fully saturated rings. The Balaban J connectivity index is 0.00000392. The maximum absolute atomic E-state index is 11.2. The van der Waals surface area contributed by atoms with Gasteiger partial charge < -0.3 is 19.5 Å². The van der Waals surface area contributed by atoms with Crippen molar-refractivity contribution >= 4 is 30.0 Å². The Morgan fingerprint density at radius 3 is 2.57 bits per heavy atom. The van der Waals surface area contributed by atoms with Gasteiger partial charge in [0.05, 0.1) is 13.2 Å². The van der Waals surface area contributed by atoms with E-state index >= 15 is 0 Å². The van der Waals surface area contributed by atoms with Gasteiger partial charge in [0, 0.05) is 24.7 Å². The van der Waals surface area contributed by atoms with Crippen LogP contribution < -0.4 is 10.1 Å². The zero-order valence-electron chi connectivity index (χ0n) is 16.3. The van der Waals surface area contributed by atoms with Crippen LogP contribution in [0.4, 0.5) is 0 Å². The van der Waals surface area contributed by atoms with Crippen LogP contribution in [-0.2, 0) is 20.7 Å². The summed E-state index contributed by atoms with van der Waals surface area (Å²) in [6.45, 7) is 2.70. The summed E-state index contributed by atoms with van der Waals surface area (Å²) in [5, 5.41) is 4.20. The molecule has 2 aromatic carbocycles. The first-order chi connectivity index (χ1) is 13.0. The molecule has 2 aromatic rings. The summed E-state index contributed by atoms with van der Waals surface area (Å²) in [4.78, 5) is 11.2. The Morgan fingerprint density at radius 2 is 1.89 bits per heavy atom. The fraction of sp³-hybridized carbons (Fsp3) is 0.381. The van der Waals surface area contributed by atoms with E-state index in [4.69, 9.17) is 21.1 Å². The summed E-state index contributed by atoms with van der Waals surface area (Å²) in [7, 11) is 3.03. The van der Waals surface area contributed by atoms with Crippen molar-refractivity contribution in [3.63, 3.8) is 0 Å². The summed E-state index contributed by atoms with van der Waals surface area (Å²) in [5.74, 6) is 0.251. The third kappa shape index (κ3) is 8.07. The molecule has 5 nitrogen and oxygen atoms in total. The molecule has 0 saturated heterocycles. The summed E-state index contributed by atoms with van der Waals surface area (Å²) in [5.41, 5.74) is 2.16. The van der Waals surface area contributed by atoms with Gasteiger partial charge in [0.1, 0.15) is 5.75 Å². The van der Waals surface area contributed by atoms with Crippen LogP contribution in [0.1, 0.15) is 24.2 Å². The third-order valence-corrected chi connectivity index (χ3v) is 4.42. The van der Waals surface area contributed by atoms with Crippen molar-refractivity contribution in [2.24, 2.45) is 0 Å². The predicted octanol–water partition coefficient (Wildman–Crippen LogP) is 4.22. The van der Waals surface area contributed by atoms with E-state index in [-0.39, 0.29) is 31.2 Å². The Hall–Kier alpha value is -1.79. The molecule has 28 heavy (non-hydrogen) atoms. The molecule has 0 aliphatic heterocycles. The molecular weight excluding hydrogens is 401 g/mol. The molecule has 2 atom stereocenters. The number of benzene rings is 2. The van der Waals surface area contributed by atoms with Crippen molar-refractivity contribution < 1.29 is 19.0 Å². The minimum absolute atomic E-state index is 0. The molecule has 0 bridgehead atoms. The Bertz CT molecular complexity index is 742. The van der Waals surface area contributed by atoms with Gasteiger partial charge >= 0.3 is 5.97 Å². The van der Waals surface area contributed by atoms with Crippen LogP contribution in [-0.4, -0.2) is 39.4 Å². The van der Waals surface area contributed by atoms with Crippen molar-refractivity contribution in [3.05, 3.63) is 64.7 Å². The van der Waals surface area contributed by atoms with Crippen LogP contribution in [0.2, 0.25) is 5.02 Å². The van der Waals surface area contributed by atoms with Gasteiger partial charge in [-0.2, -0.15) is 0 Å². The number of nitrogens with one attached hydrogen (secondary N) is 1. The van der Waals surface area contributed by atoms with Crippen molar-refractivity contribution in [1.29, 1.82) is 0 Å². The van der Waals surface area contributed by atoms with Gasteiger partial charge in [-0.25, -0.2) is 4.79 Å². The van der Waals surface area contributed by atoms with Gasteiger partial charge in [0.2, 0.25) is 0 Å². The van der Waals surface area contributed by atoms with E-state index in [1.807, 2.05) is 48.5 Å². The van der Waals surface area contributed by atoms with Gasteiger partial charge in [0.25, 0.3) is 0 Å². The van der Waals surface area contributed by atoms with Gasteiger partial charge in [-0.05, 0) is 48.7 Å². The van der Waals surface area contributed by atoms with E-state index in [2.05, 4.69) is 17.0 Å². The van der Waals surface area contributed by atoms with E-state index in [0.29, 0.717) is 17.3 Å². The first-order valence-electron chi connectivity index (χ1n) is 8.82. The molecule has 0 aromatic heterocycles. The summed E-state index contributed by atoms with van der Waals surface area (Å²) >= 11 is 6.07. The zero-order chi connectivity index (χ0) is 19.6. The number of rotatable bonds is 10. The minimum atomic E-state index is -0.401. The number of carbonyl (C=O) groups is 1. The van der Waals surface area contributed by atoms with Crippen LogP contribution in [0.5, 0.6) is 5.75 Å². The maximum atomic E-state index is 11.2. The molecule has 2 unspecified atom stereocenters. The minimum Gasteiger partial charge on any atom is -0.482 e. The number of ether oxygens (including phenoxy) is 3. The molecule has 2 rings (SSSR count). The van der Waals surface area contributed by atoms with Crippen LogP contribution in [0, 0.1) is 0 Å². The number of hydrogen-bond acceptors (Lipinski definition) is 5. The Kier molecular flexibility index (Phi) is 10.9. The molecule has 7 heteroatoms. The van der Waals surface area contributed by atoms with Crippen LogP contribution in [0.25, 0.3) is 0 Å². The van der Waals surface area contributed by atoms with Crippen molar-refractivity contribution in [1.82, 2.24) is 5.32 Å². The summed E-state index contributed by atoms with van der Waals surface area (Å²) in [6, 6.07) is 15.6.